The number of hydrogen-bond donors (Lipinski definition) is 1. The van der Waals surface area contributed by atoms with Crippen molar-refractivity contribution in [1.29, 1.82) is 0 Å². The fraction of sp³-hybridized carbons (Fsp3) is 0.200. The first-order valence-corrected chi connectivity index (χ1v) is 6.10. The predicted octanol–water partition coefficient (Wildman–Crippen LogP) is 3.49. The zero-order valence-electron chi connectivity index (χ0n) is 10.1. The highest BCUT2D eigenvalue weighted by Gasteiger charge is 2.27. The lowest BCUT2D eigenvalue weighted by Gasteiger charge is -2.30. The Morgan fingerprint density at radius 1 is 1.05 bits per heavy atom. The molecule has 0 spiro atoms. The van der Waals surface area contributed by atoms with E-state index in [2.05, 4.69) is 0 Å². The predicted molar refractivity (Wildman–Crippen MR) is 67.7 cm³/mol. The zero-order chi connectivity index (χ0) is 13.4. The van der Waals surface area contributed by atoms with Crippen molar-refractivity contribution < 1.29 is 13.5 Å². The monoisotopic (exact) mass is 261 g/mol. The van der Waals surface area contributed by atoms with Crippen LogP contribution < -0.4 is 10.5 Å². The van der Waals surface area contributed by atoms with E-state index in [-0.39, 0.29) is 23.8 Å². The van der Waals surface area contributed by atoms with E-state index in [1.165, 1.54) is 24.3 Å². The van der Waals surface area contributed by atoms with Crippen LogP contribution in [0.2, 0.25) is 0 Å². The molecule has 1 unspecified atom stereocenters. The minimum absolute atomic E-state index is 0.302. The van der Waals surface area contributed by atoms with Gasteiger partial charge >= 0.3 is 0 Å². The molecule has 98 valence electrons. The van der Waals surface area contributed by atoms with Crippen LogP contribution in [0.3, 0.4) is 0 Å². The van der Waals surface area contributed by atoms with Gasteiger partial charge < -0.3 is 10.5 Å². The van der Waals surface area contributed by atoms with Crippen LogP contribution in [0.25, 0.3) is 0 Å². The third-order valence-corrected chi connectivity index (χ3v) is 3.33. The van der Waals surface area contributed by atoms with Gasteiger partial charge in [-0.05, 0) is 35.9 Å². The summed E-state index contributed by atoms with van der Waals surface area (Å²) in [6, 6.07) is 10.2. The molecule has 2 atom stereocenters. The molecule has 0 saturated heterocycles. The van der Waals surface area contributed by atoms with Gasteiger partial charge in [-0.15, -0.1) is 0 Å². The number of benzene rings is 2. The molecule has 2 aromatic rings. The Morgan fingerprint density at radius 2 is 1.84 bits per heavy atom. The van der Waals surface area contributed by atoms with Gasteiger partial charge in [0.05, 0.1) is 0 Å². The molecule has 0 aliphatic carbocycles. The number of halogens is 2. The first kappa shape index (κ1) is 12.1. The summed E-state index contributed by atoms with van der Waals surface area (Å²) in [6.07, 6.45) is 0.198. The third kappa shape index (κ3) is 2.31. The SMILES string of the molecule is N[C@@H]1CC(c2cccc(F)c2)Oc2ccc(F)cc21. The highest BCUT2D eigenvalue weighted by Crippen LogP contribution is 2.39. The lowest BCUT2D eigenvalue weighted by Crippen LogP contribution is -2.24. The van der Waals surface area contributed by atoms with E-state index in [4.69, 9.17) is 10.5 Å². The summed E-state index contributed by atoms with van der Waals surface area (Å²) in [5.74, 6) is -0.0732. The van der Waals surface area contributed by atoms with Gasteiger partial charge in [-0.25, -0.2) is 8.78 Å². The van der Waals surface area contributed by atoms with Gasteiger partial charge in [-0.3, -0.25) is 0 Å². The van der Waals surface area contributed by atoms with Crippen LogP contribution in [0.15, 0.2) is 42.5 Å². The van der Waals surface area contributed by atoms with Gasteiger partial charge in [0.1, 0.15) is 23.5 Å². The summed E-state index contributed by atoms with van der Waals surface area (Å²) in [7, 11) is 0. The molecule has 4 heteroatoms. The first-order chi connectivity index (χ1) is 9.13. The Hall–Kier alpha value is -1.94. The zero-order valence-corrected chi connectivity index (χ0v) is 10.1. The van der Waals surface area contributed by atoms with Crippen molar-refractivity contribution in [2.24, 2.45) is 5.73 Å². The topological polar surface area (TPSA) is 35.2 Å². The van der Waals surface area contributed by atoms with Crippen LogP contribution in [0.1, 0.15) is 29.7 Å². The second-order valence-corrected chi connectivity index (χ2v) is 4.69. The van der Waals surface area contributed by atoms with E-state index in [0.717, 1.165) is 5.56 Å². The Morgan fingerprint density at radius 3 is 2.63 bits per heavy atom. The summed E-state index contributed by atoms with van der Waals surface area (Å²) < 4.78 is 32.2. The highest BCUT2D eigenvalue weighted by molar-refractivity contribution is 5.39. The second kappa shape index (κ2) is 4.63. The maximum atomic E-state index is 13.2. The molecule has 2 aromatic carbocycles. The molecule has 0 aromatic heterocycles. The van der Waals surface area contributed by atoms with Gasteiger partial charge in [0, 0.05) is 18.0 Å². The van der Waals surface area contributed by atoms with Crippen LogP contribution in [0, 0.1) is 11.6 Å². The molecule has 1 heterocycles. The number of rotatable bonds is 1. The van der Waals surface area contributed by atoms with Crippen molar-refractivity contribution in [1.82, 2.24) is 0 Å². The van der Waals surface area contributed by atoms with Crippen molar-refractivity contribution in [3.63, 3.8) is 0 Å². The molecular weight excluding hydrogens is 248 g/mol. The van der Waals surface area contributed by atoms with E-state index in [1.54, 1.807) is 18.2 Å². The van der Waals surface area contributed by atoms with E-state index in [0.29, 0.717) is 17.7 Å². The minimum Gasteiger partial charge on any atom is -0.485 e. The normalized spacial score (nSPS) is 21.6. The maximum Gasteiger partial charge on any atom is 0.126 e. The van der Waals surface area contributed by atoms with Crippen LogP contribution in [-0.4, -0.2) is 0 Å². The standard InChI is InChI=1S/C15H13F2NO/c16-10-3-1-2-9(6-10)15-8-13(18)12-7-11(17)4-5-14(12)19-15/h1-7,13,15H,8,18H2/t13-,15?/m1/s1. The van der Waals surface area contributed by atoms with E-state index in [9.17, 15) is 8.78 Å². The molecule has 2 nitrogen and oxygen atoms in total. The Labute approximate surface area is 109 Å². The lowest BCUT2D eigenvalue weighted by molar-refractivity contribution is 0.160. The molecule has 0 radical (unpaired) electrons. The van der Waals surface area contributed by atoms with E-state index in [1.807, 2.05) is 0 Å². The Kier molecular flexibility index (Phi) is 2.95. The summed E-state index contributed by atoms with van der Waals surface area (Å²) in [4.78, 5) is 0. The van der Waals surface area contributed by atoms with Crippen molar-refractivity contribution in [3.8, 4) is 5.75 Å². The molecule has 0 bridgehead atoms. The van der Waals surface area contributed by atoms with Crippen LogP contribution in [-0.2, 0) is 0 Å². The van der Waals surface area contributed by atoms with Crippen molar-refractivity contribution in [2.75, 3.05) is 0 Å². The van der Waals surface area contributed by atoms with Gasteiger partial charge in [0.2, 0.25) is 0 Å². The molecule has 19 heavy (non-hydrogen) atoms. The van der Waals surface area contributed by atoms with Crippen LogP contribution in [0.4, 0.5) is 8.78 Å². The van der Waals surface area contributed by atoms with Gasteiger partial charge in [0.25, 0.3) is 0 Å². The smallest absolute Gasteiger partial charge is 0.126 e. The minimum atomic E-state index is -0.331. The number of nitrogens with two attached hydrogens (primary N) is 1. The largest absolute Gasteiger partial charge is 0.485 e. The van der Waals surface area contributed by atoms with E-state index < -0.39 is 0 Å². The van der Waals surface area contributed by atoms with E-state index >= 15 is 0 Å². The van der Waals surface area contributed by atoms with Crippen molar-refractivity contribution in [2.45, 2.75) is 18.6 Å². The molecule has 1 aliphatic heterocycles. The third-order valence-electron chi connectivity index (χ3n) is 3.33. The molecular formula is C15H13F2NO. The van der Waals surface area contributed by atoms with Crippen molar-refractivity contribution >= 4 is 0 Å². The molecule has 3 rings (SSSR count). The molecule has 0 fully saturated rings. The fourth-order valence-corrected chi connectivity index (χ4v) is 2.39. The fourth-order valence-electron chi connectivity index (χ4n) is 2.39. The van der Waals surface area contributed by atoms with Gasteiger partial charge in [0.15, 0.2) is 0 Å². The second-order valence-electron chi connectivity index (χ2n) is 4.69. The molecule has 1 aliphatic rings. The van der Waals surface area contributed by atoms with Crippen LogP contribution in [0.5, 0.6) is 5.75 Å². The average molecular weight is 261 g/mol. The molecule has 0 amide bonds. The maximum absolute atomic E-state index is 13.2. The Balaban J connectivity index is 1.95. The molecule has 2 N–H and O–H groups in total. The number of hydrogen-bond acceptors (Lipinski definition) is 2. The lowest BCUT2D eigenvalue weighted by atomic mass is 9.93. The summed E-state index contributed by atoms with van der Waals surface area (Å²) in [5, 5.41) is 0. The Bertz CT molecular complexity index is 615. The van der Waals surface area contributed by atoms with Crippen molar-refractivity contribution in [3.05, 3.63) is 65.2 Å². The summed E-state index contributed by atoms with van der Waals surface area (Å²) >= 11 is 0. The summed E-state index contributed by atoms with van der Waals surface area (Å²) in [5.41, 5.74) is 7.44. The summed E-state index contributed by atoms with van der Waals surface area (Å²) in [6.45, 7) is 0. The highest BCUT2D eigenvalue weighted by atomic mass is 19.1. The average Bonchev–Trinajstić information content (AvgIpc) is 2.39. The van der Waals surface area contributed by atoms with Gasteiger partial charge in [-0.1, -0.05) is 12.1 Å². The number of fused-ring (bicyclic) bond motifs is 1. The number of ether oxygens (including phenoxy) is 1. The molecule has 0 saturated carbocycles. The van der Waals surface area contributed by atoms with Gasteiger partial charge in [-0.2, -0.15) is 0 Å². The quantitative estimate of drug-likeness (QED) is 0.852. The van der Waals surface area contributed by atoms with Crippen LogP contribution >= 0.6 is 0 Å². The first-order valence-electron chi connectivity index (χ1n) is 6.10.